The Labute approximate surface area is 487 Å². The van der Waals surface area contributed by atoms with Crippen LogP contribution in [0.25, 0.3) is 22.1 Å². The third-order valence-electron chi connectivity index (χ3n) is 14.0. The molecule has 4 aromatic heterocycles. The van der Waals surface area contributed by atoms with Gasteiger partial charge < -0.3 is 24.5 Å². The van der Waals surface area contributed by atoms with Crippen LogP contribution in [0.15, 0.2) is 73.1 Å². The van der Waals surface area contributed by atoms with E-state index in [1.807, 2.05) is 86.3 Å². The zero-order valence-electron chi connectivity index (χ0n) is 46.3. The Morgan fingerprint density at radius 3 is 1.21 bits per heavy atom. The minimum atomic E-state index is -1.03. The van der Waals surface area contributed by atoms with E-state index in [0.29, 0.717) is 41.7 Å². The summed E-state index contributed by atoms with van der Waals surface area (Å²) in [5.41, 5.74) is 6.93. The van der Waals surface area contributed by atoms with E-state index >= 15 is 0 Å². The van der Waals surface area contributed by atoms with E-state index in [0.717, 1.165) is 99.8 Å². The molecule has 0 unspecified atom stereocenters. The summed E-state index contributed by atoms with van der Waals surface area (Å²) in [5, 5.41) is 12.9. The van der Waals surface area contributed by atoms with Crippen LogP contribution >= 0.6 is 23.2 Å². The Balaban J connectivity index is 0. The van der Waals surface area contributed by atoms with Gasteiger partial charge in [-0.15, -0.1) is 0 Å². The fourth-order valence-corrected chi connectivity index (χ4v) is 9.33. The number of esters is 1. The number of pyridine rings is 2. The average Bonchev–Trinajstić information content (AvgIpc) is 3.86. The van der Waals surface area contributed by atoms with Crippen molar-refractivity contribution < 1.29 is 99.1 Å². The van der Waals surface area contributed by atoms with Crippen LogP contribution in [-0.4, -0.2) is 59.8 Å². The molecule has 0 spiro atoms. The fourth-order valence-electron chi connectivity index (χ4n) is 9.08. The monoisotopic (exact) mass is 1190 g/mol. The molecule has 2 saturated carbocycles. The smallest absolute Gasteiger partial charge is 0.870 e. The van der Waals surface area contributed by atoms with Gasteiger partial charge in [0.25, 0.3) is 0 Å². The summed E-state index contributed by atoms with van der Waals surface area (Å²) in [7, 11) is 0. The maximum atomic E-state index is 13.9. The van der Waals surface area contributed by atoms with E-state index in [9.17, 15) is 24.3 Å². The first kappa shape index (κ1) is 77.6. The molecule has 4 heterocycles. The van der Waals surface area contributed by atoms with Gasteiger partial charge in [0.15, 0.2) is 11.6 Å². The van der Waals surface area contributed by atoms with Crippen LogP contribution in [0.3, 0.4) is 0 Å². The fraction of sp³-hybridized carbons (Fsp3) is 0.474. The predicted molar refractivity (Wildman–Crippen MR) is 291 cm³/mol. The number of hydrogen-bond acceptors (Lipinski definition) is 8. The number of nitrogens with zero attached hydrogens (tertiary/aromatic N) is 4. The van der Waals surface area contributed by atoms with Crippen LogP contribution in [-0.2, 0) is 40.3 Å². The third-order valence-corrected chi connectivity index (χ3v) is 14.5. The summed E-state index contributed by atoms with van der Waals surface area (Å²) >= 11 is 12.2. The first-order chi connectivity index (χ1) is 37.2. The number of fused-ring (bicyclic) bond motifs is 2. The van der Waals surface area contributed by atoms with Gasteiger partial charge in [-0.25, -0.2) is 9.97 Å². The zero-order valence-corrected chi connectivity index (χ0v) is 47.8. The van der Waals surface area contributed by atoms with Crippen molar-refractivity contribution >= 4 is 68.8 Å². The number of carboxylic acids is 1. The zero-order chi connectivity index (χ0) is 59.2. The van der Waals surface area contributed by atoms with Gasteiger partial charge in [0.2, 0.25) is 0 Å². The van der Waals surface area contributed by atoms with Gasteiger partial charge in [-0.3, -0.25) is 19.2 Å². The number of ether oxygens (including phenoxy) is 1. The summed E-state index contributed by atoms with van der Waals surface area (Å²) in [6.45, 7) is 18.8. The Morgan fingerprint density at radius 1 is 0.617 bits per heavy atom. The Bertz CT molecular complexity index is 2880. The molecular weight excluding hydrogens is 1120 g/mol. The molecule has 0 saturated heterocycles. The van der Waals surface area contributed by atoms with Crippen molar-refractivity contribution in [3.63, 3.8) is 0 Å². The summed E-state index contributed by atoms with van der Waals surface area (Å²) in [4.78, 5) is 62.1. The molecule has 8 rings (SSSR count). The number of Topliss-reactive ketones (excluding diaryl/α,β-unsaturated/α-hetero) is 2. The molecular formula is C57H71Cl2F10LiN4O7. The quantitative estimate of drug-likeness (QED) is 0.0405. The molecule has 24 heteroatoms. The maximum Gasteiger partial charge on any atom is 1.00 e. The maximum absolute atomic E-state index is 13.9. The normalized spacial score (nSPS) is 12.5. The van der Waals surface area contributed by atoms with Crippen molar-refractivity contribution in [2.75, 3.05) is 6.61 Å². The second kappa shape index (κ2) is 36.9. The number of halogens is 12. The molecule has 2 fully saturated rings. The van der Waals surface area contributed by atoms with E-state index in [1.165, 1.54) is 0 Å². The van der Waals surface area contributed by atoms with E-state index in [4.69, 9.17) is 83.6 Å². The summed E-state index contributed by atoms with van der Waals surface area (Å²) < 4.78 is 89.6. The van der Waals surface area contributed by atoms with Crippen molar-refractivity contribution in [3.8, 4) is 0 Å². The number of ketones is 2. The van der Waals surface area contributed by atoms with E-state index in [2.05, 4.69) is 44.4 Å². The summed E-state index contributed by atoms with van der Waals surface area (Å²) in [6, 6.07) is 19.5. The summed E-state index contributed by atoms with van der Waals surface area (Å²) in [5.74, 6) is -0.242. The Kier molecular flexibility index (Phi) is 35.3. The van der Waals surface area contributed by atoms with Crippen LogP contribution in [0.4, 0.5) is 45.7 Å². The largest absolute Gasteiger partial charge is 1.00 e. The van der Waals surface area contributed by atoms with E-state index < -0.39 is 16.8 Å². The number of aromatic nitrogens is 4. The van der Waals surface area contributed by atoms with Crippen molar-refractivity contribution in [1.29, 1.82) is 0 Å². The van der Waals surface area contributed by atoms with Crippen LogP contribution in [0.1, 0.15) is 174 Å². The molecule has 2 N–H and O–H groups in total. The molecule has 6 aromatic rings. The molecule has 2 aliphatic carbocycles. The Hall–Kier alpha value is -5.46. The minimum Gasteiger partial charge on any atom is -0.870 e. The molecule has 0 atom stereocenters. The molecule has 0 bridgehead atoms. The molecule has 2 aromatic carbocycles. The van der Waals surface area contributed by atoms with Crippen molar-refractivity contribution in [1.82, 2.24) is 19.1 Å². The SMILES string of the molecule is C.CC(C)c1cnc2c(c1)c(C(=O)C1CCC1)c(CC(C)(C)C(=O)O)n2Cc1ccc(Cl)cc1.CCOC(=O)C(C)(C)Cc1c(C(=O)C2CCC2)c2cc(C(C)C)cnc2n1Cc1ccc(Cl)cc1.FF.FF.FF.FF.FF.[Li+].[OH-]. The molecule has 446 valence electrons. The molecule has 0 aliphatic heterocycles. The molecule has 11 nitrogen and oxygen atoms in total. The minimum absolute atomic E-state index is 0. The molecule has 81 heavy (non-hydrogen) atoms. The summed E-state index contributed by atoms with van der Waals surface area (Å²) in [6.07, 6.45) is 10.2. The van der Waals surface area contributed by atoms with Gasteiger partial charge >= 0.3 is 30.8 Å². The molecule has 0 radical (unpaired) electrons. The Morgan fingerprint density at radius 2 is 0.938 bits per heavy atom. The predicted octanol–water partition coefficient (Wildman–Crippen LogP) is 15.1. The average molecular weight is 1190 g/mol. The van der Waals surface area contributed by atoms with Gasteiger partial charge in [0, 0.05) is 139 Å². The van der Waals surface area contributed by atoms with Crippen molar-refractivity contribution in [3.05, 3.63) is 128 Å². The topological polar surface area (TPSA) is 163 Å². The second-order valence-electron chi connectivity index (χ2n) is 20.8. The first-order valence-corrected chi connectivity index (χ1v) is 25.7. The molecule has 0 amide bonds. The number of hydrogen-bond donors (Lipinski definition) is 1. The van der Waals surface area contributed by atoms with Crippen molar-refractivity contribution in [2.45, 2.75) is 146 Å². The number of carbonyl (C=O) groups excluding carboxylic acids is 3. The number of benzene rings is 2. The van der Waals surface area contributed by atoms with E-state index in [-0.39, 0.29) is 79.4 Å². The number of carbonyl (C=O) groups is 4. The van der Waals surface area contributed by atoms with Gasteiger partial charge in [0.1, 0.15) is 11.3 Å². The van der Waals surface area contributed by atoms with Crippen LogP contribution in [0.2, 0.25) is 10.0 Å². The van der Waals surface area contributed by atoms with Gasteiger partial charge in [-0.05, 0) is 131 Å². The second-order valence-corrected chi connectivity index (χ2v) is 21.7. The standard InChI is InChI=1S/C29H35ClN2O3.C27H31ClN2O3.CH4.5F2.Li.H2O/c1-6-35-28(34)29(4,5)15-24-25(26(33)20-8-7-9-20)23-14-21(18(2)3)16-31-27(23)32(24)17-19-10-12-22(30)13-11-19;1-16(2)19-12-21-23(24(31)18-6-5-7-18)22(13-27(3,4)26(32)33)30(25(21)29-14-19)15-17-8-10-20(28)11-9-17;;5*1-2;;/h10-14,16,18,20H,6-9,15,17H2,1-5H3;8-12,14,16,18H,5-7,13,15H2,1-4H3,(H,32,33);1H4;;;;;;;1H2/q;;;;;;;;+1;/p-1. The number of aliphatic carboxylic acids is 1. The van der Waals surface area contributed by atoms with E-state index in [1.54, 1.807) is 13.8 Å². The van der Waals surface area contributed by atoms with Crippen molar-refractivity contribution in [2.24, 2.45) is 22.7 Å². The van der Waals surface area contributed by atoms with Gasteiger partial charge in [-0.2, -0.15) is 0 Å². The van der Waals surface area contributed by atoms with Gasteiger partial charge in [0.05, 0.1) is 17.4 Å². The van der Waals surface area contributed by atoms with Crippen LogP contribution < -0.4 is 18.9 Å². The number of carboxylic acid groups (broad SMARTS) is 1. The first-order valence-electron chi connectivity index (χ1n) is 24.9. The number of rotatable bonds is 17. The van der Waals surface area contributed by atoms with Crippen LogP contribution in [0.5, 0.6) is 0 Å². The third kappa shape index (κ3) is 19.6. The van der Waals surface area contributed by atoms with Crippen LogP contribution in [0, 0.1) is 22.7 Å². The molecule has 2 aliphatic rings. The van der Waals surface area contributed by atoms with Gasteiger partial charge in [-0.1, -0.05) is 95.4 Å².